The smallest absolute Gasteiger partial charge is 0.0791 e. The van der Waals surface area contributed by atoms with Gasteiger partial charge in [0, 0.05) is 11.4 Å². The number of allylic oxidation sites excluding steroid dienone is 1. The van der Waals surface area contributed by atoms with Crippen LogP contribution >= 0.6 is 0 Å². The van der Waals surface area contributed by atoms with Crippen LogP contribution in [0, 0.1) is 13.8 Å². The minimum Gasteiger partial charge on any atom is -0.388 e. The van der Waals surface area contributed by atoms with Crippen molar-refractivity contribution in [3.8, 4) is 0 Å². The zero-order valence-electron chi connectivity index (χ0n) is 10.9. The van der Waals surface area contributed by atoms with Gasteiger partial charge in [0.25, 0.3) is 0 Å². The molecule has 0 saturated carbocycles. The van der Waals surface area contributed by atoms with Crippen molar-refractivity contribution in [3.63, 3.8) is 0 Å². The number of aliphatic hydroxyl groups is 1. The molecule has 94 valence electrons. The third-order valence-corrected chi connectivity index (χ3v) is 2.87. The maximum absolute atomic E-state index is 10.1. The van der Waals surface area contributed by atoms with Crippen LogP contribution in [0.25, 0.3) is 0 Å². The van der Waals surface area contributed by atoms with Crippen molar-refractivity contribution < 1.29 is 5.11 Å². The van der Waals surface area contributed by atoms with Crippen molar-refractivity contribution >= 4 is 0 Å². The zero-order chi connectivity index (χ0) is 12.7. The summed E-state index contributed by atoms with van der Waals surface area (Å²) in [7, 11) is 0. The van der Waals surface area contributed by atoms with Crippen molar-refractivity contribution in [3.05, 3.63) is 41.7 Å². The van der Waals surface area contributed by atoms with E-state index >= 15 is 0 Å². The summed E-state index contributed by atoms with van der Waals surface area (Å²) in [5.41, 5.74) is 2.95. The molecular formula is C15H23NO. The Hall–Kier alpha value is -1.15. The highest BCUT2D eigenvalue weighted by Crippen LogP contribution is 2.21. The predicted molar refractivity (Wildman–Crippen MR) is 72.0 cm³/mol. The first-order valence-corrected chi connectivity index (χ1v) is 6.37. The Morgan fingerprint density at radius 3 is 2.47 bits per heavy atom. The number of unbranched alkanes of at least 4 members (excludes halogenated alkanes) is 3. The molecule has 1 unspecified atom stereocenters. The van der Waals surface area contributed by atoms with Crippen LogP contribution in [0.4, 0.5) is 0 Å². The maximum atomic E-state index is 10.1. The summed E-state index contributed by atoms with van der Waals surface area (Å²) in [6.45, 7) is 7.64. The molecular weight excluding hydrogens is 210 g/mol. The monoisotopic (exact) mass is 233 g/mol. The average molecular weight is 233 g/mol. The molecule has 17 heavy (non-hydrogen) atoms. The van der Waals surface area contributed by atoms with Crippen LogP contribution in [0.2, 0.25) is 0 Å². The van der Waals surface area contributed by atoms with E-state index in [4.69, 9.17) is 0 Å². The van der Waals surface area contributed by atoms with Crippen molar-refractivity contribution in [1.29, 1.82) is 0 Å². The van der Waals surface area contributed by atoms with E-state index in [2.05, 4.69) is 11.6 Å². The van der Waals surface area contributed by atoms with Gasteiger partial charge in [-0.3, -0.25) is 4.98 Å². The van der Waals surface area contributed by atoms with Gasteiger partial charge in [0.15, 0.2) is 0 Å². The largest absolute Gasteiger partial charge is 0.388 e. The lowest BCUT2D eigenvalue weighted by Crippen LogP contribution is -2.00. The lowest BCUT2D eigenvalue weighted by molar-refractivity contribution is 0.163. The van der Waals surface area contributed by atoms with E-state index in [0.29, 0.717) is 0 Å². The predicted octanol–water partition coefficient (Wildman–Crippen LogP) is 3.87. The molecule has 0 aliphatic heterocycles. The molecule has 0 fully saturated rings. The lowest BCUT2D eigenvalue weighted by atomic mass is 10.0. The first kappa shape index (κ1) is 13.9. The molecule has 2 nitrogen and oxygen atoms in total. The summed E-state index contributed by atoms with van der Waals surface area (Å²) in [5, 5.41) is 10.1. The number of aromatic nitrogens is 1. The SMILES string of the molecule is C=CCCCCCC(O)c1cc(C)nc(C)c1. The number of hydrogen-bond acceptors (Lipinski definition) is 2. The molecule has 0 saturated heterocycles. The Labute approximate surface area is 104 Å². The van der Waals surface area contributed by atoms with Crippen LogP contribution in [0.5, 0.6) is 0 Å². The number of aryl methyl sites for hydroxylation is 2. The molecule has 0 bridgehead atoms. The highest BCUT2D eigenvalue weighted by Gasteiger charge is 2.08. The molecule has 1 heterocycles. The van der Waals surface area contributed by atoms with E-state index in [1.54, 1.807) is 0 Å². The van der Waals surface area contributed by atoms with Gasteiger partial charge >= 0.3 is 0 Å². The first-order valence-electron chi connectivity index (χ1n) is 6.37. The van der Waals surface area contributed by atoms with Crippen molar-refractivity contribution in [1.82, 2.24) is 4.98 Å². The van der Waals surface area contributed by atoms with Crippen LogP contribution in [0.3, 0.4) is 0 Å². The van der Waals surface area contributed by atoms with Crippen molar-refractivity contribution in [2.75, 3.05) is 0 Å². The summed E-state index contributed by atoms with van der Waals surface area (Å²) in [5.74, 6) is 0. The molecule has 0 radical (unpaired) electrons. The molecule has 0 aromatic carbocycles. The summed E-state index contributed by atoms with van der Waals surface area (Å²) >= 11 is 0. The van der Waals surface area contributed by atoms with Gasteiger partial charge in [-0.2, -0.15) is 0 Å². The number of hydrogen-bond donors (Lipinski definition) is 1. The zero-order valence-corrected chi connectivity index (χ0v) is 10.9. The first-order chi connectivity index (χ1) is 8.13. The highest BCUT2D eigenvalue weighted by atomic mass is 16.3. The third-order valence-electron chi connectivity index (χ3n) is 2.87. The summed E-state index contributed by atoms with van der Waals surface area (Å²) in [6, 6.07) is 3.95. The Morgan fingerprint density at radius 1 is 1.24 bits per heavy atom. The fourth-order valence-electron chi connectivity index (χ4n) is 2.03. The Bertz CT molecular complexity index is 340. The fraction of sp³-hybridized carbons (Fsp3) is 0.533. The van der Waals surface area contributed by atoms with E-state index in [1.165, 1.54) is 6.42 Å². The van der Waals surface area contributed by atoms with Gasteiger partial charge in [-0.15, -0.1) is 6.58 Å². The lowest BCUT2D eigenvalue weighted by Gasteiger charge is -2.12. The maximum Gasteiger partial charge on any atom is 0.0791 e. The molecule has 1 N–H and O–H groups in total. The molecule has 0 spiro atoms. The molecule has 2 heteroatoms. The quantitative estimate of drug-likeness (QED) is 0.573. The van der Waals surface area contributed by atoms with Crippen molar-refractivity contribution in [2.45, 2.75) is 52.1 Å². The third kappa shape index (κ3) is 5.14. The molecule has 1 aromatic rings. The van der Waals surface area contributed by atoms with Crippen LogP contribution in [-0.4, -0.2) is 10.1 Å². The van der Waals surface area contributed by atoms with Gasteiger partial charge in [0.05, 0.1) is 6.10 Å². The second-order valence-corrected chi connectivity index (χ2v) is 4.63. The van der Waals surface area contributed by atoms with E-state index in [9.17, 15) is 5.11 Å². The molecule has 1 rings (SSSR count). The van der Waals surface area contributed by atoms with E-state index in [1.807, 2.05) is 32.1 Å². The molecule has 0 aliphatic rings. The number of rotatable bonds is 7. The normalized spacial score (nSPS) is 12.4. The summed E-state index contributed by atoms with van der Waals surface area (Å²) in [6.07, 6.45) is 6.90. The van der Waals surface area contributed by atoms with E-state index < -0.39 is 0 Å². The molecule has 1 atom stereocenters. The van der Waals surface area contributed by atoms with Gasteiger partial charge in [-0.25, -0.2) is 0 Å². The summed E-state index contributed by atoms with van der Waals surface area (Å²) in [4.78, 5) is 4.32. The fourth-order valence-corrected chi connectivity index (χ4v) is 2.03. The standard InChI is InChI=1S/C15H23NO/c1-4-5-6-7-8-9-15(17)14-10-12(2)16-13(3)11-14/h4,10-11,15,17H,1,5-9H2,2-3H3. The van der Waals surface area contributed by atoms with Gasteiger partial charge < -0.3 is 5.11 Å². The van der Waals surface area contributed by atoms with Crippen LogP contribution in [-0.2, 0) is 0 Å². The topological polar surface area (TPSA) is 33.1 Å². The van der Waals surface area contributed by atoms with Gasteiger partial charge in [-0.1, -0.05) is 18.9 Å². The Morgan fingerprint density at radius 2 is 1.88 bits per heavy atom. The van der Waals surface area contributed by atoms with Gasteiger partial charge in [0.1, 0.15) is 0 Å². The average Bonchev–Trinajstić information content (AvgIpc) is 2.27. The second-order valence-electron chi connectivity index (χ2n) is 4.63. The molecule has 0 amide bonds. The van der Waals surface area contributed by atoms with Crippen LogP contribution in [0.15, 0.2) is 24.8 Å². The number of nitrogens with zero attached hydrogens (tertiary/aromatic N) is 1. The highest BCUT2D eigenvalue weighted by molar-refractivity contribution is 5.22. The molecule has 0 aliphatic carbocycles. The van der Waals surface area contributed by atoms with Crippen LogP contribution in [0.1, 0.15) is 55.2 Å². The minimum atomic E-state index is -0.348. The number of aliphatic hydroxyl groups excluding tert-OH is 1. The molecule has 1 aromatic heterocycles. The summed E-state index contributed by atoms with van der Waals surface area (Å²) < 4.78 is 0. The number of pyridine rings is 1. The Kier molecular flexibility index (Phi) is 5.92. The minimum absolute atomic E-state index is 0.348. The van der Waals surface area contributed by atoms with E-state index in [-0.39, 0.29) is 6.10 Å². The second kappa shape index (κ2) is 7.23. The van der Waals surface area contributed by atoms with Gasteiger partial charge in [-0.05, 0) is 50.8 Å². The van der Waals surface area contributed by atoms with E-state index in [0.717, 1.165) is 42.6 Å². The van der Waals surface area contributed by atoms with Gasteiger partial charge in [0.2, 0.25) is 0 Å². The Balaban J connectivity index is 2.40. The van der Waals surface area contributed by atoms with Crippen molar-refractivity contribution in [2.24, 2.45) is 0 Å². The van der Waals surface area contributed by atoms with Crippen LogP contribution < -0.4 is 0 Å².